The van der Waals surface area contributed by atoms with Crippen molar-refractivity contribution in [2.24, 2.45) is 17.8 Å². The van der Waals surface area contributed by atoms with Gasteiger partial charge in [0.05, 0.1) is 42.3 Å². The van der Waals surface area contributed by atoms with Crippen molar-refractivity contribution >= 4 is 18.2 Å². The molecule has 0 radical (unpaired) electrons. The molecule has 0 aromatic carbocycles. The van der Waals surface area contributed by atoms with Crippen molar-refractivity contribution in [1.29, 1.82) is 0 Å². The van der Waals surface area contributed by atoms with E-state index in [0.29, 0.717) is 29.0 Å². The van der Waals surface area contributed by atoms with Gasteiger partial charge in [0, 0.05) is 19.4 Å². The first-order valence-corrected chi connectivity index (χ1v) is 11.3. The molecule has 4 aliphatic carbocycles. The number of nitrogens with one attached hydrogen (secondary N) is 2. The molecule has 9 heteroatoms. The Balaban J connectivity index is 1.49. The molecule has 5 rings (SSSR count). The van der Waals surface area contributed by atoms with E-state index in [1.807, 2.05) is 13.8 Å². The van der Waals surface area contributed by atoms with Crippen molar-refractivity contribution < 1.29 is 24.2 Å². The van der Waals surface area contributed by atoms with Gasteiger partial charge in [0.2, 0.25) is 0 Å². The molecular weight excluding hydrogens is 412 g/mol. The molecule has 176 valence electrons. The summed E-state index contributed by atoms with van der Waals surface area (Å²) in [5, 5.41) is 21.1. The maximum atomic E-state index is 13.2. The lowest BCUT2D eigenvalue weighted by molar-refractivity contribution is -0.136. The lowest BCUT2D eigenvalue weighted by Crippen LogP contribution is -2.61. The number of nitrogens with zero attached hydrogens (tertiary/aromatic N) is 2. The van der Waals surface area contributed by atoms with E-state index in [4.69, 9.17) is 4.74 Å². The highest BCUT2D eigenvalue weighted by molar-refractivity contribution is 5.95. The summed E-state index contributed by atoms with van der Waals surface area (Å²) in [6.45, 7) is 3.87. The van der Waals surface area contributed by atoms with Crippen LogP contribution < -0.4 is 10.6 Å². The Morgan fingerprint density at radius 2 is 1.97 bits per heavy atom. The number of hydrogen-bond acceptors (Lipinski definition) is 6. The number of aromatic nitrogens is 2. The Labute approximate surface area is 188 Å². The van der Waals surface area contributed by atoms with Gasteiger partial charge in [-0.1, -0.05) is 0 Å². The fourth-order valence-corrected chi connectivity index (χ4v) is 6.05. The van der Waals surface area contributed by atoms with Crippen LogP contribution in [0.1, 0.15) is 62.0 Å². The van der Waals surface area contributed by atoms with Gasteiger partial charge < -0.3 is 25.2 Å². The molecular formula is C23H34N4O5. The second-order valence-corrected chi connectivity index (χ2v) is 10.2. The number of rotatable bonds is 7. The Morgan fingerprint density at radius 1 is 1.28 bits per heavy atom. The lowest BCUT2D eigenvalue weighted by atomic mass is 9.52. The van der Waals surface area contributed by atoms with Gasteiger partial charge in [0.25, 0.3) is 5.91 Å². The quantitative estimate of drug-likeness (QED) is 0.592. The first-order valence-electron chi connectivity index (χ1n) is 11.3. The molecule has 1 aromatic rings. The van der Waals surface area contributed by atoms with E-state index in [1.165, 1.54) is 7.11 Å². The molecule has 4 fully saturated rings. The number of aliphatic hydroxyl groups is 1. The fraction of sp³-hybridized carbons (Fsp3) is 0.696. The standard InChI is InChI=1S/C23H34N4O5/c1-22(2,26-21(29)32-4)5-6-27-18(13-31-3)17(12-24-27)20(28)25-19-15-7-14-8-16(19)11-23(30,9-14)10-15/h5-6,12,14-16,19,30H,7-11,13H2,1-4H3,(H,25,28)(H,26,29)/b6-5+/t14?,15?,16?,19-,23-. The van der Waals surface area contributed by atoms with Crippen LogP contribution in [-0.2, 0) is 16.1 Å². The van der Waals surface area contributed by atoms with Gasteiger partial charge in [0.15, 0.2) is 0 Å². The van der Waals surface area contributed by atoms with Crippen molar-refractivity contribution in [3.05, 3.63) is 23.5 Å². The van der Waals surface area contributed by atoms with Crippen LogP contribution in [0.3, 0.4) is 0 Å². The maximum absolute atomic E-state index is 13.2. The number of carbonyl (C=O) groups excluding carboxylic acids is 2. The van der Waals surface area contributed by atoms with Gasteiger partial charge >= 0.3 is 6.09 Å². The smallest absolute Gasteiger partial charge is 0.407 e. The topological polar surface area (TPSA) is 115 Å². The molecule has 0 spiro atoms. The molecule has 2 unspecified atom stereocenters. The van der Waals surface area contributed by atoms with E-state index in [-0.39, 0.29) is 18.6 Å². The fourth-order valence-electron chi connectivity index (χ4n) is 6.05. The summed E-state index contributed by atoms with van der Waals surface area (Å²) in [6, 6.07) is 0.0943. The van der Waals surface area contributed by atoms with Crippen molar-refractivity contribution in [3.63, 3.8) is 0 Å². The van der Waals surface area contributed by atoms with E-state index >= 15 is 0 Å². The number of carbonyl (C=O) groups is 2. The van der Waals surface area contributed by atoms with E-state index < -0.39 is 17.2 Å². The molecule has 4 bridgehead atoms. The van der Waals surface area contributed by atoms with Gasteiger partial charge in [-0.25, -0.2) is 9.48 Å². The third kappa shape index (κ3) is 4.54. The molecule has 0 saturated heterocycles. The SMILES string of the molecule is COCc1c(C(=O)N[C@H]2C3CC4CC2C[C@](O)(C4)C3)cnn1/C=C/C(C)(C)NC(=O)OC. The summed E-state index contributed by atoms with van der Waals surface area (Å²) in [5.74, 6) is 1.10. The second kappa shape index (κ2) is 8.51. The zero-order valence-electron chi connectivity index (χ0n) is 19.3. The first-order chi connectivity index (χ1) is 15.1. The number of ether oxygens (including phenoxy) is 2. The highest BCUT2D eigenvalue weighted by Gasteiger charge is 2.55. The third-order valence-corrected chi connectivity index (χ3v) is 7.20. The zero-order valence-corrected chi connectivity index (χ0v) is 19.3. The predicted octanol–water partition coefficient (Wildman–Crippen LogP) is 2.30. The minimum atomic E-state index is -0.674. The van der Waals surface area contributed by atoms with Crippen LogP contribution in [-0.4, -0.2) is 58.3 Å². The van der Waals surface area contributed by atoms with E-state index in [0.717, 1.165) is 32.1 Å². The predicted molar refractivity (Wildman–Crippen MR) is 118 cm³/mol. The van der Waals surface area contributed by atoms with Gasteiger partial charge in [0.1, 0.15) is 0 Å². The lowest BCUT2D eigenvalue weighted by Gasteiger charge is -2.58. The maximum Gasteiger partial charge on any atom is 0.407 e. The Hall–Kier alpha value is -2.39. The number of hydrogen-bond donors (Lipinski definition) is 3. The van der Waals surface area contributed by atoms with Crippen molar-refractivity contribution in [3.8, 4) is 0 Å². The van der Waals surface area contributed by atoms with Crippen molar-refractivity contribution in [2.45, 2.75) is 69.7 Å². The molecule has 9 nitrogen and oxygen atoms in total. The average molecular weight is 447 g/mol. The Kier molecular flexibility index (Phi) is 6.06. The highest BCUT2D eigenvalue weighted by atomic mass is 16.5. The van der Waals surface area contributed by atoms with Crippen LogP contribution in [0.2, 0.25) is 0 Å². The van der Waals surface area contributed by atoms with Crippen LogP contribution in [0, 0.1) is 17.8 Å². The summed E-state index contributed by atoms with van der Waals surface area (Å²) >= 11 is 0. The minimum absolute atomic E-state index is 0.0943. The van der Waals surface area contributed by atoms with Crippen LogP contribution >= 0.6 is 0 Å². The molecule has 1 heterocycles. The normalized spacial score (nSPS) is 31.2. The van der Waals surface area contributed by atoms with Crippen LogP contribution in [0.4, 0.5) is 4.79 Å². The summed E-state index contributed by atoms with van der Waals surface area (Å²) in [4.78, 5) is 24.8. The monoisotopic (exact) mass is 446 g/mol. The second-order valence-electron chi connectivity index (χ2n) is 10.2. The third-order valence-electron chi connectivity index (χ3n) is 7.20. The molecule has 2 amide bonds. The van der Waals surface area contributed by atoms with Crippen LogP contribution in [0.15, 0.2) is 12.3 Å². The molecule has 3 N–H and O–H groups in total. The summed E-state index contributed by atoms with van der Waals surface area (Å²) in [6.07, 6.45) is 9.14. The largest absolute Gasteiger partial charge is 0.453 e. The first kappa shape index (κ1) is 22.8. The molecule has 32 heavy (non-hydrogen) atoms. The number of alkyl carbamates (subject to hydrolysis) is 1. The van der Waals surface area contributed by atoms with Crippen LogP contribution in [0.5, 0.6) is 0 Å². The Morgan fingerprint density at radius 3 is 2.56 bits per heavy atom. The minimum Gasteiger partial charge on any atom is -0.453 e. The average Bonchev–Trinajstić information content (AvgIpc) is 3.10. The number of amides is 2. The van der Waals surface area contributed by atoms with Crippen molar-refractivity contribution in [2.75, 3.05) is 14.2 Å². The molecule has 4 saturated carbocycles. The summed E-state index contributed by atoms with van der Waals surface area (Å²) < 4.78 is 11.6. The zero-order chi connectivity index (χ0) is 23.1. The highest BCUT2D eigenvalue weighted by Crippen LogP contribution is 2.55. The van der Waals surface area contributed by atoms with Gasteiger partial charge in [-0.05, 0) is 69.8 Å². The summed E-state index contributed by atoms with van der Waals surface area (Å²) in [7, 11) is 2.89. The van der Waals surface area contributed by atoms with Gasteiger partial charge in [-0.15, -0.1) is 0 Å². The van der Waals surface area contributed by atoms with Crippen LogP contribution in [0.25, 0.3) is 6.20 Å². The number of methoxy groups -OCH3 is 2. The molecule has 1 aromatic heterocycles. The Bertz CT molecular complexity index is 892. The molecule has 4 aliphatic rings. The van der Waals surface area contributed by atoms with Gasteiger partial charge in [-0.2, -0.15) is 5.10 Å². The van der Waals surface area contributed by atoms with Gasteiger partial charge in [-0.3, -0.25) is 4.79 Å². The van der Waals surface area contributed by atoms with E-state index in [1.54, 1.807) is 30.3 Å². The van der Waals surface area contributed by atoms with E-state index in [9.17, 15) is 14.7 Å². The van der Waals surface area contributed by atoms with Crippen molar-refractivity contribution in [1.82, 2.24) is 20.4 Å². The molecule has 0 aliphatic heterocycles. The summed E-state index contributed by atoms with van der Waals surface area (Å²) in [5.41, 5.74) is -0.0909. The van der Waals surface area contributed by atoms with E-state index in [2.05, 4.69) is 20.5 Å². The molecule has 2 atom stereocenters.